The molecule has 4 nitrogen and oxygen atoms in total. The van der Waals surface area contributed by atoms with Crippen molar-refractivity contribution in [1.82, 2.24) is 9.88 Å². The molecule has 1 heterocycles. The monoisotopic (exact) mass is 194 g/mol. The van der Waals surface area contributed by atoms with Crippen LogP contribution in [-0.2, 0) is 4.79 Å². The molecule has 0 aliphatic carbocycles. The second kappa shape index (κ2) is 4.72. The first-order valence-electron chi connectivity index (χ1n) is 4.39. The average Bonchev–Trinajstić information content (AvgIpc) is 2.15. The molecule has 0 spiro atoms. The lowest BCUT2D eigenvalue weighted by atomic mass is 10.1. The summed E-state index contributed by atoms with van der Waals surface area (Å²) >= 11 is 0. The van der Waals surface area contributed by atoms with Crippen LogP contribution in [-0.4, -0.2) is 41.6 Å². The van der Waals surface area contributed by atoms with E-state index < -0.39 is 11.9 Å². The van der Waals surface area contributed by atoms with E-state index in [4.69, 9.17) is 5.11 Å². The molecule has 1 atom stereocenters. The van der Waals surface area contributed by atoms with E-state index in [1.165, 1.54) is 0 Å². The SMILES string of the molecule is CN(C)CC(C(=O)O)c1ccccn1. The van der Waals surface area contributed by atoms with Crippen LogP contribution in [0, 0.1) is 0 Å². The first-order valence-corrected chi connectivity index (χ1v) is 4.39. The Hall–Kier alpha value is -1.42. The summed E-state index contributed by atoms with van der Waals surface area (Å²) in [4.78, 5) is 16.9. The molecule has 4 heteroatoms. The summed E-state index contributed by atoms with van der Waals surface area (Å²) in [5.41, 5.74) is 0.605. The largest absolute Gasteiger partial charge is 0.481 e. The Labute approximate surface area is 83.2 Å². The van der Waals surface area contributed by atoms with E-state index in [-0.39, 0.29) is 0 Å². The third kappa shape index (κ3) is 2.81. The number of nitrogens with zero attached hydrogens (tertiary/aromatic N) is 2. The van der Waals surface area contributed by atoms with Crippen LogP contribution in [0.4, 0.5) is 0 Å². The summed E-state index contributed by atoms with van der Waals surface area (Å²) in [5.74, 6) is -1.39. The van der Waals surface area contributed by atoms with Gasteiger partial charge in [0.1, 0.15) is 5.92 Å². The zero-order valence-corrected chi connectivity index (χ0v) is 8.34. The quantitative estimate of drug-likeness (QED) is 0.770. The molecule has 0 amide bonds. The lowest BCUT2D eigenvalue weighted by Gasteiger charge is -2.16. The Morgan fingerprint density at radius 1 is 1.57 bits per heavy atom. The fraction of sp³-hybridized carbons (Fsp3) is 0.400. The molecule has 1 rings (SSSR count). The summed E-state index contributed by atoms with van der Waals surface area (Å²) in [5, 5.41) is 9.01. The van der Waals surface area contributed by atoms with Gasteiger partial charge in [0.15, 0.2) is 0 Å². The second-order valence-electron chi connectivity index (χ2n) is 3.41. The number of rotatable bonds is 4. The number of hydrogen-bond acceptors (Lipinski definition) is 3. The molecule has 0 aliphatic rings. The number of aromatic nitrogens is 1. The molecule has 0 fully saturated rings. The summed E-state index contributed by atoms with van der Waals surface area (Å²) in [6, 6.07) is 5.31. The average molecular weight is 194 g/mol. The van der Waals surface area contributed by atoms with Crippen molar-refractivity contribution in [2.24, 2.45) is 0 Å². The number of carboxylic acid groups (broad SMARTS) is 1. The minimum Gasteiger partial charge on any atom is -0.481 e. The van der Waals surface area contributed by atoms with Gasteiger partial charge in [-0.3, -0.25) is 9.78 Å². The molecule has 0 aliphatic heterocycles. The minimum atomic E-state index is -0.836. The van der Waals surface area contributed by atoms with Gasteiger partial charge >= 0.3 is 5.97 Å². The fourth-order valence-corrected chi connectivity index (χ4v) is 1.25. The van der Waals surface area contributed by atoms with Crippen molar-refractivity contribution in [2.45, 2.75) is 5.92 Å². The van der Waals surface area contributed by atoms with Gasteiger partial charge in [-0.15, -0.1) is 0 Å². The second-order valence-corrected chi connectivity index (χ2v) is 3.41. The van der Waals surface area contributed by atoms with Crippen molar-refractivity contribution < 1.29 is 9.90 Å². The predicted molar refractivity (Wildman–Crippen MR) is 53.2 cm³/mol. The number of carbonyl (C=O) groups is 1. The summed E-state index contributed by atoms with van der Waals surface area (Å²) < 4.78 is 0. The van der Waals surface area contributed by atoms with E-state index >= 15 is 0 Å². The third-order valence-corrected chi connectivity index (χ3v) is 1.89. The smallest absolute Gasteiger partial charge is 0.313 e. The molecular formula is C10H14N2O2. The first-order chi connectivity index (χ1) is 6.61. The van der Waals surface area contributed by atoms with Gasteiger partial charge in [0, 0.05) is 12.7 Å². The fourth-order valence-electron chi connectivity index (χ4n) is 1.25. The van der Waals surface area contributed by atoms with Crippen LogP contribution in [0.1, 0.15) is 11.6 Å². The molecule has 0 bridgehead atoms. The Morgan fingerprint density at radius 3 is 2.71 bits per heavy atom. The summed E-state index contributed by atoms with van der Waals surface area (Å²) in [6.45, 7) is 0.465. The van der Waals surface area contributed by atoms with Gasteiger partial charge in [0.2, 0.25) is 0 Å². The maximum atomic E-state index is 11.0. The third-order valence-electron chi connectivity index (χ3n) is 1.89. The van der Waals surface area contributed by atoms with Crippen LogP contribution in [0.25, 0.3) is 0 Å². The van der Waals surface area contributed by atoms with Gasteiger partial charge in [0.25, 0.3) is 0 Å². The molecule has 76 valence electrons. The van der Waals surface area contributed by atoms with Gasteiger partial charge in [-0.1, -0.05) is 6.07 Å². The van der Waals surface area contributed by atoms with Gasteiger partial charge in [-0.2, -0.15) is 0 Å². The highest BCUT2D eigenvalue weighted by atomic mass is 16.4. The topological polar surface area (TPSA) is 53.4 Å². The van der Waals surface area contributed by atoms with Gasteiger partial charge in [-0.25, -0.2) is 0 Å². The Kier molecular flexibility index (Phi) is 3.59. The van der Waals surface area contributed by atoms with Gasteiger partial charge < -0.3 is 10.0 Å². The molecule has 1 aromatic rings. The molecule has 1 aromatic heterocycles. The van der Waals surface area contributed by atoms with Gasteiger partial charge in [0.05, 0.1) is 5.69 Å². The highest BCUT2D eigenvalue weighted by Crippen LogP contribution is 2.13. The van der Waals surface area contributed by atoms with Gasteiger partial charge in [-0.05, 0) is 26.2 Å². The van der Waals surface area contributed by atoms with Crippen LogP contribution in [0.2, 0.25) is 0 Å². The molecule has 1 N–H and O–H groups in total. The summed E-state index contributed by atoms with van der Waals surface area (Å²) in [7, 11) is 3.69. The molecule has 0 saturated heterocycles. The van der Waals surface area contributed by atoms with Crippen LogP contribution in [0.3, 0.4) is 0 Å². The molecule has 0 saturated carbocycles. The molecule has 1 unspecified atom stereocenters. The zero-order chi connectivity index (χ0) is 10.6. The maximum absolute atomic E-state index is 11.0. The highest BCUT2D eigenvalue weighted by Gasteiger charge is 2.21. The lowest BCUT2D eigenvalue weighted by Crippen LogP contribution is -2.26. The van der Waals surface area contributed by atoms with E-state index in [2.05, 4.69) is 4.98 Å². The van der Waals surface area contributed by atoms with Crippen molar-refractivity contribution in [3.63, 3.8) is 0 Å². The molecular weight excluding hydrogens is 180 g/mol. The van der Waals surface area contributed by atoms with Crippen LogP contribution >= 0.6 is 0 Å². The number of likely N-dealkylation sites (N-methyl/N-ethyl adjacent to an activating group) is 1. The molecule has 14 heavy (non-hydrogen) atoms. The molecule has 0 aromatic carbocycles. The molecule has 0 radical (unpaired) electrons. The van der Waals surface area contributed by atoms with E-state index in [1.54, 1.807) is 24.4 Å². The Bertz CT molecular complexity index is 298. The standard InChI is InChI=1S/C10H14N2O2/c1-12(2)7-8(10(13)14)9-5-3-4-6-11-9/h3-6,8H,7H2,1-2H3,(H,13,14). The van der Waals surface area contributed by atoms with Crippen LogP contribution in [0.15, 0.2) is 24.4 Å². The Morgan fingerprint density at radius 2 is 2.29 bits per heavy atom. The van der Waals surface area contributed by atoms with E-state index in [0.717, 1.165) is 0 Å². The summed E-state index contributed by atoms with van der Waals surface area (Å²) in [6.07, 6.45) is 1.61. The number of pyridine rings is 1. The number of hydrogen-bond donors (Lipinski definition) is 1. The lowest BCUT2D eigenvalue weighted by molar-refractivity contribution is -0.139. The van der Waals surface area contributed by atoms with Crippen molar-refractivity contribution in [2.75, 3.05) is 20.6 Å². The minimum absolute atomic E-state index is 0.465. The van der Waals surface area contributed by atoms with Crippen LogP contribution < -0.4 is 0 Å². The maximum Gasteiger partial charge on any atom is 0.313 e. The normalized spacial score (nSPS) is 12.8. The van der Waals surface area contributed by atoms with E-state index in [0.29, 0.717) is 12.2 Å². The van der Waals surface area contributed by atoms with E-state index in [1.807, 2.05) is 19.0 Å². The van der Waals surface area contributed by atoms with Crippen molar-refractivity contribution >= 4 is 5.97 Å². The number of carboxylic acids is 1. The zero-order valence-electron chi connectivity index (χ0n) is 8.34. The predicted octanol–water partition coefficient (Wildman–Crippen LogP) is 0.811. The van der Waals surface area contributed by atoms with Crippen molar-refractivity contribution in [3.8, 4) is 0 Å². The van der Waals surface area contributed by atoms with E-state index in [9.17, 15) is 4.79 Å². The highest BCUT2D eigenvalue weighted by molar-refractivity contribution is 5.75. The Balaban J connectivity index is 2.84. The van der Waals surface area contributed by atoms with Crippen molar-refractivity contribution in [1.29, 1.82) is 0 Å². The van der Waals surface area contributed by atoms with Crippen molar-refractivity contribution in [3.05, 3.63) is 30.1 Å². The van der Waals surface area contributed by atoms with Crippen LogP contribution in [0.5, 0.6) is 0 Å². The first kappa shape index (κ1) is 10.7. The number of aliphatic carboxylic acids is 1.